The van der Waals surface area contributed by atoms with Crippen LogP contribution in [-0.2, 0) is 13.5 Å². The van der Waals surface area contributed by atoms with Crippen LogP contribution in [0, 0.1) is 5.92 Å². The molecular weight excluding hydrogens is 202 g/mol. The molecule has 1 aromatic heterocycles. The van der Waals surface area contributed by atoms with Crippen LogP contribution in [-0.4, -0.2) is 32.8 Å². The lowest BCUT2D eigenvalue weighted by Gasteiger charge is -2.18. The van der Waals surface area contributed by atoms with E-state index < -0.39 is 0 Å². The first kappa shape index (κ1) is 13.1. The molecule has 0 bridgehead atoms. The molecule has 5 nitrogen and oxygen atoms in total. The van der Waals surface area contributed by atoms with Gasteiger partial charge in [0.15, 0.2) is 5.82 Å². The van der Waals surface area contributed by atoms with Crippen molar-refractivity contribution in [2.45, 2.75) is 46.1 Å². The molecule has 0 saturated heterocycles. The van der Waals surface area contributed by atoms with E-state index in [4.69, 9.17) is 0 Å². The van der Waals surface area contributed by atoms with Gasteiger partial charge < -0.3 is 5.32 Å². The van der Waals surface area contributed by atoms with E-state index in [9.17, 15) is 0 Å². The third kappa shape index (κ3) is 4.70. The largest absolute Gasteiger partial charge is 0.314 e. The molecule has 1 heterocycles. The Morgan fingerprint density at radius 3 is 2.62 bits per heavy atom. The molecule has 5 heteroatoms. The molecule has 0 fully saturated rings. The molecule has 0 aliphatic carbocycles. The van der Waals surface area contributed by atoms with Crippen LogP contribution in [0.5, 0.6) is 0 Å². The second-order valence-electron chi connectivity index (χ2n) is 4.68. The zero-order valence-corrected chi connectivity index (χ0v) is 10.8. The number of nitrogens with one attached hydrogen (secondary N) is 1. The highest BCUT2D eigenvalue weighted by Crippen LogP contribution is 2.08. The lowest BCUT2D eigenvalue weighted by atomic mass is 10.0. The van der Waals surface area contributed by atoms with Crippen LogP contribution < -0.4 is 5.32 Å². The van der Waals surface area contributed by atoms with Gasteiger partial charge in [-0.25, -0.2) is 0 Å². The number of rotatable bonds is 7. The average molecular weight is 225 g/mol. The Balaban J connectivity index is 2.48. The fourth-order valence-electron chi connectivity index (χ4n) is 1.78. The van der Waals surface area contributed by atoms with E-state index in [1.807, 2.05) is 0 Å². The topological polar surface area (TPSA) is 55.6 Å². The molecule has 0 aliphatic rings. The minimum absolute atomic E-state index is 0.462. The van der Waals surface area contributed by atoms with Gasteiger partial charge in [0, 0.05) is 12.5 Å². The Morgan fingerprint density at radius 1 is 1.38 bits per heavy atom. The van der Waals surface area contributed by atoms with E-state index in [0.717, 1.165) is 31.6 Å². The molecule has 92 valence electrons. The quantitative estimate of drug-likeness (QED) is 0.756. The number of aryl methyl sites for hydroxylation is 1. The second kappa shape index (κ2) is 6.58. The summed E-state index contributed by atoms with van der Waals surface area (Å²) in [5, 5.41) is 15.7. The lowest BCUT2D eigenvalue weighted by molar-refractivity contribution is 0.410. The molecule has 1 aromatic rings. The van der Waals surface area contributed by atoms with Crippen LogP contribution in [0.1, 0.15) is 39.4 Å². The molecule has 1 unspecified atom stereocenters. The monoisotopic (exact) mass is 225 g/mol. The Kier molecular flexibility index (Phi) is 5.38. The van der Waals surface area contributed by atoms with Crippen LogP contribution >= 0.6 is 0 Å². The lowest BCUT2D eigenvalue weighted by Crippen LogP contribution is -2.33. The molecule has 16 heavy (non-hydrogen) atoms. The second-order valence-corrected chi connectivity index (χ2v) is 4.68. The Bertz CT molecular complexity index is 294. The third-order valence-corrected chi connectivity index (χ3v) is 2.42. The highest BCUT2D eigenvalue weighted by atomic mass is 15.6. The molecule has 1 atom stereocenters. The smallest absolute Gasteiger partial charge is 0.176 e. The van der Waals surface area contributed by atoms with Crippen molar-refractivity contribution in [3.63, 3.8) is 0 Å². The normalized spacial score (nSPS) is 13.3. The molecule has 1 rings (SSSR count). The van der Waals surface area contributed by atoms with Gasteiger partial charge in [-0.3, -0.25) is 0 Å². The summed E-state index contributed by atoms with van der Waals surface area (Å²) in [6.07, 6.45) is 3.17. The highest BCUT2D eigenvalue weighted by molar-refractivity contribution is 4.85. The van der Waals surface area contributed by atoms with Gasteiger partial charge in [-0.2, -0.15) is 4.80 Å². The van der Waals surface area contributed by atoms with Crippen molar-refractivity contribution in [1.29, 1.82) is 0 Å². The van der Waals surface area contributed by atoms with E-state index in [2.05, 4.69) is 41.5 Å². The van der Waals surface area contributed by atoms with Crippen molar-refractivity contribution >= 4 is 0 Å². The SMILES string of the molecule is CCCNC(Cc1nnn(C)n1)CC(C)C. The summed E-state index contributed by atoms with van der Waals surface area (Å²) in [5.41, 5.74) is 0. The minimum Gasteiger partial charge on any atom is -0.314 e. The Morgan fingerprint density at radius 2 is 2.12 bits per heavy atom. The van der Waals surface area contributed by atoms with E-state index in [-0.39, 0.29) is 0 Å². The summed E-state index contributed by atoms with van der Waals surface area (Å²) in [4.78, 5) is 1.52. The van der Waals surface area contributed by atoms with E-state index in [0.29, 0.717) is 12.0 Å². The fourth-order valence-corrected chi connectivity index (χ4v) is 1.78. The fraction of sp³-hybridized carbons (Fsp3) is 0.909. The van der Waals surface area contributed by atoms with E-state index in [1.165, 1.54) is 4.80 Å². The van der Waals surface area contributed by atoms with Gasteiger partial charge in [0.2, 0.25) is 0 Å². The standard InChI is InChI=1S/C11H23N5/c1-5-6-12-10(7-9(2)3)8-11-13-15-16(4)14-11/h9-10,12H,5-8H2,1-4H3. The first-order valence-electron chi connectivity index (χ1n) is 6.08. The molecule has 0 radical (unpaired) electrons. The average Bonchev–Trinajstić information content (AvgIpc) is 2.59. The predicted octanol–water partition coefficient (Wildman–Crippen LogP) is 1.17. The number of nitrogens with zero attached hydrogens (tertiary/aromatic N) is 4. The maximum absolute atomic E-state index is 4.22. The van der Waals surface area contributed by atoms with Crippen LogP contribution in [0.4, 0.5) is 0 Å². The first-order valence-corrected chi connectivity index (χ1v) is 6.08. The molecule has 0 aromatic carbocycles. The summed E-state index contributed by atoms with van der Waals surface area (Å²) in [6, 6.07) is 0.462. The van der Waals surface area contributed by atoms with Crippen molar-refractivity contribution in [3.8, 4) is 0 Å². The maximum atomic E-state index is 4.22. The van der Waals surface area contributed by atoms with E-state index >= 15 is 0 Å². The van der Waals surface area contributed by atoms with Crippen molar-refractivity contribution in [3.05, 3.63) is 5.82 Å². The minimum atomic E-state index is 0.462. The summed E-state index contributed by atoms with van der Waals surface area (Å²) in [5.74, 6) is 1.52. The highest BCUT2D eigenvalue weighted by Gasteiger charge is 2.13. The zero-order chi connectivity index (χ0) is 12.0. The first-order chi connectivity index (χ1) is 7.61. The zero-order valence-electron chi connectivity index (χ0n) is 10.8. The van der Waals surface area contributed by atoms with Crippen LogP contribution in [0.25, 0.3) is 0 Å². The summed E-state index contributed by atoms with van der Waals surface area (Å²) in [7, 11) is 1.80. The Hall–Kier alpha value is -0.970. The molecule has 0 spiro atoms. The Labute approximate surface area is 97.6 Å². The molecule has 1 N–H and O–H groups in total. The van der Waals surface area contributed by atoms with Gasteiger partial charge >= 0.3 is 0 Å². The van der Waals surface area contributed by atoms with Crippen molar-refractivity contribution in [2.24, 2.45) is 13.0 Å². The molecule has 0 saturated carbocycles. The van der Waals surface area contributed by atoms with Crippen LogP contribution in [0.2, 0.25) is 0 Å². The molecule has 0 aliphatic heterocycles. The van der Waals surface area contributed by atoms with Crippen molar-refractivity contribution < 1.29 is 0 Å². The van der Waals surface area contributed by atoms with E-state index in [1.54, 1.807) is 7.05 Å². The molecular formula is C11H23N5. The van der Waals surface area contributed by atoms with Crippen molar-refractivity contribution in [1.82, 2.24) is 25.5 Å². The van der Waals surface area contributed by atoms with Gasteiger partial charge in [-0.1, -0.05) is 20.8 Å². The van der Waals surface area contributed by atoms with Crippen LogP contribution in [0.3, 0.4) is 0 Å². The number of hydrogen-bond acceptors (Lipinski definition) is 4. The summed E-state index contributed by atoms with van der Waals surface area (Å²) < 4.78 is 0. The number of aromatic nitrogens is 4. The summed E-state index contributed by atoms with van der Waals surface area (Å²) in [6.45, 7) is 7.72. The van der Waals surface area contributed by atoms with Gasteiger partial charge in [0.1, 0.15) is 0 Å². The van der Waals surface area contributed by atoms with Crippen molar-refractivity contribution in [2.75, 3.05) is 6.54 Å². The molecule has 0 amide bonds. The van der Waals surface area contributed by atoms with Crippen LogP contribution in [0.15, 0.2) is 0 Å². The third-order valence-electron chi connectivity index (χ3n) is 2.42. The predicted molar refractivity (Wildman–Crippen MR) is 64.0 cm³/mol. The van der Waals surface area contributed by atoms with Gasteiger partial charge in [-0.15, -0.1) is 10.2 Å². The number of hydrogen-bond donors (Lipinski definition) is 1. The van der Waals surface area contributed by atoms with Gasteiger partial charge in [-0.05, 0) is 30.5 Å². The summed E-state index contributed by atoms with van der Waals surface area (Å²) >= 11 is 0. The van der Waals surface area contributed by atoms with Gasteiger partial charge in [0.05, 0.1) is 7.05 Å². The number of tetrazole rings is 1. The maximum Gasteiger partial charge on any atom is 0.176 e. The van der Waals surface area contributed by atoms with Gasteiger partial charge in [0.25, 0.3) is 0 Å².